The topological polar surface area (TPSA) is 85.2 Å². The number of imidazole rings is 1. The lowest BCUT2D eigenvalue weighted by Gasteiger charge is -2.10. The van der Waals surface area contributed by atoms with Crippen LogP contribution in [0.25, 0.3) is 11.0 Å². The van der Waals surface area contributed by atoms with Crippen LogP contribution in [0.3, 0.4) is 0 Å². The Kier molecular flexibility index (Phi) is 5.65. The molecule has 0 atom stereocenters. The number of hydrogen-bond acceptors (Lipinski definition) is 4. The normalized spacial score (nSPS) is 13.8. The van der Waals surface area contributed by atoms with Crippen molar-refractivity contribution in [1.82, 2.24) is 20.2 Å². The molecule has 134 valence electrons. The highest BCUT2D eigenvalue weighted by atomic mass is 16.5. The van der Waals surface area contributed by atoms with E-state index in [0.717, 1.165) is 36.1 Å². The molecule has 1 aliphatic rings. The standard InChI is InChI=1S/C18H24N4O3/c1-25-12-18(24)19-10-4-7-16-21-14-5-2-3-6-15(14)22(16)11-17(23)20-13-8-9-13/h2-3,5-6,13H,4,7-12H2,1H3,(H,19,24)(H,20,23). The maximum atomic E-state index is 12.2. The number of hydrogen-bond donors (Lipinski definition) is 2. The van der Waals surface area contributed by atoms with Gasteiger partial charge in [-0.3, -0.25) is 9.59 Å². The molecule has 1 saturated carbocycles. The quantitative estimate of drug-likeness (QED) is 0.665. The average molecular weight is 344 g/mol. The number of carbonyl (C=O) groups is 2. The predicted octanol–water partition coefficient (Wildman–Crippen LogP) is 1.01. The van der Waals surface area contributed by atoms with E-state index in [-0.39, 0.29) is 25.0 Å². The summed E-state index contributed by atoms with van der Waals surface area (Å²) in [6, 6.07) is 8.18. The van der Waals surface area contributed by atoms with Crippen LogP contribution in [-0.4, -0.2) is 47.7 Å². The number of benzene rings is 1. The fourth-order valence-corrected chi connectivity index (χ4v) is 2.79. The molecule has 0 aliphatic heterocycles. The molecule has 1 aromatic heterocycles. The van der Waals surface area contributed by atoms with E-state index < -0.39 is 0 Å². The van der Waals surface area contributed by atoms with Crippen molar-refractivity contribution in [3.63, 3.8) is 0 Å². The number of ether oxygens (including phenoxy) is 1. The molecule has 7 heteroatoms. The second-order valence-corrected chi connectivity index (χ2v) is 6.33. The molecule has 1 heterocycles. The molecule has 0 unspecified atom stereocenters. The van der Waals surface area contributed by atoms with Gasteiger partial charge in [0.15, 0.2) is 0 Å². The fourth-order valence-electron chi connectivity index (χ4n) is 2.79. The maximum absolute atomic E-state index is 12.2. The third-order valence-corrected chi connectivity index (χ3v) is 4.15. The highest BCUT2D eigenvalue weighted by Crippen LogP contribution is 2.20. The molecule has 0 spiro atoms. The van der Waals surface area contributed by atoms with Gasteiger partial charge in [0.05, 0.1) is 11.0 Å². The van der Waals surface area contributed by atoms with Gasteiger partial charge in [0.1, 0.15) is 19.0 Å². The van der Waals surface area contributed by atoms with Gasteiger partial charge >= 0.3 is 0 Å². The molecule has 0 saturated heterocycles. The molecule has 3 rings (SSSR count). The second-order valence-electron chi connectivity index (χ2n) is 6.33. The molecule has 0 radical (unpaired) electrons. The smallest absolute Gasteiger partial charge is 0.245 e. The second kappa shape index (κ2) is 8.11. The number of amides is 2. The van der Waals surface area contributed by atoms with Crippen LogP contribution in [-0.2, 0) is 27.3 Å². The first-order valence-corrected chi connectivity index (χ1v) is 8.66. The monoisotopic (exact) mass is 344 g/mol. The van der Waals surface area contributed by atoms with Gasteiger partial charge in [0.2, 0.25) is 11.8 Å². The van der Waals surface area contributed by atoms with E-state index >= 15 is 0 Å². The molecule has 2 amide bonds. The Labute approximate surface area is 146 Å². The molecule has 2 N–H and O–H groups in total. The third-order valence-electron chi connectivity index (χ3n) is 4.15. The van der Waals surface area contributed by atoms with Crippen LogP contribution in [0.5, 0.6) is 0 Å². The Hall–Kier alpha value is -2.41. The molecule has 25 heavy (non-hydrogen) atoms. The van der Waals surface area contributed by atoms with Gasteiger partial charge in [-0.1, -0.05) is 12.1 Å². The number of fused-ring (bicyclic) bond motifs is 1. The molecule has 0 bridgehead atoms. The van der Waals surface area contributed by atoms with Crippen molar-refractivity contribution < 1.29 is 14.3 Å². The minimum atomic E-state index is -0.125. The first-order valence-electron chi connectivity index (χ1n) is 8.66. The lowest BCUT2D eigenvalue weighted by Crippen LogP contribution is -2.30. The molecular formula is C18H24N4O3. The summed E-state index contributed by atoms with van der Waals surface area (Å²) >= 11 is 0. The van der Waals surface area contributed by atoms with Crippen molar-refractivity contribution in [1.29, 1.82) is 0 Å². The van der Waals surface area contributed by atoms with E-state index in [1.165, 1.54) is 7.11 Å². The number of nitrogens with zero attached hydrogens (tertiary/aromatic N) is 2. The number of methoxy groups -OCH3 is 1. The first kappa shape index (κ1) is 17.4. The fraction of sp³-hybridized carbons (Fsp3) is 0.500. The SMILES string of the molecule is COCC(=O)NCCCc1nc2ccccc2n1CC(=O)NC1CC1. The van der Waals surface area contributed by atoms with Gasteiger partial charge in [-0.2, -0.15) is 0 Å². The van der Waals surface area contributed by atoms with Crippen molar-refractivity contribution in [3.8, 4) is 0 Å². The summed E-state index contributed by atoms with van der Waals surface area (Å²) in [6.45, 7) is 0.905. The molecule has 1 aliphatic carbocycles. The van der Waals surface area contributed by atoms with E-state index in [0.29, 0.717) is 19.0 Å². The lowest BCUT2D eigenvalue weighted by atomic mass is 10.3. The van der Waals surface area contributed by atoms with Crippen molar-refractivity contribution in [2.75, 3.05) is 20.3 Å². The first-order chi connectivity index (χ1) is 12.2. The molecule has 7 nitrogen and oxygen atoms in total. The molecule has 2 aromatic rings. The predicted molar refractivity (Wildman–Crippen MR) is 94.1 cm³/mol. The van der Waals surface area contributed by atoms with Gasteiger partial charge in [0.25, 0.3) is 0 Å². The summed E-state index contributed by atoms with van der Waals surface area (Å²) in [5.41, 5.74) is 1.85. The van der Waals surface area contributed by atoms with Crippen molar-refractivity contribution >= 4 is 22.8 Å². The van der Waals surface area contributed by atoms with Gasteiger partial charge in [-0.15, -0.1) is 0 Å². The Morgan fingerprint density at radius 2 is 2.08 bits per heavy atom. The van der Waals surface area contributed by atoms with Gasteiger partial charge in [-0.25, -0.2) is 4.98 Å². The van der Waals surface area contributed by atoms with E-state index in [2.05, 4.69) is 15.6 Å². The molecule has 1 fully saturated rings. The maximum Gasteiger partial charge on any atom is 0.245 e. The Bertz CT molecular complexity index is 752. The zero-order chi connectivity index (χ0) is 17.6. The summed E-state index contributed by atoms with van der Waals surface area (Å²) in [4.78, 5) is 28.3. The number of aromatic nitrogens is 2. The average Bonchev–Trinajstić information content (AvgIpc) is 3.34. The Morgan fingerprint density at radius 3 is 2.84 bits per heavy atom. The van der Waals surface area contributed by atoms with Crippen LogP contribution < -0.4 is 10.6 Å². The summed E-state index contributed by atoms with van der Waals surface area (Å²) in [7, 11) is 1.49. The number of aryl methyl sites for hydroxylation is 1. The summed E-state index contributed by atoms with van der Waals surface area (Å²) in [5.74, 6) is 0.772. The molecule has 1 aromatic carbocycles. The van der Waals surface area contributed by atoms with Crippen LogP contribution in [0.2, 0.25) is 0 Å². The Morgan fingerprint density at radius 1 is 1.28 bits per heavy atom. The van der Waals surface area contributed by atoms with Crippen LogP contribution in [0, 0.1) is 0 Å². The third kappa shape index (κ3) is 4.79. The van der Waals surface area contributed by atoms with Crippen LogP contribution >= 0.6 is 0 Å². The summed E-state index contributed by atoms with van der Waals surface area (Å²) < 4.78 is 6.76. The number of nitrogens with one attached hydrogen (secondary N) is 2. The van der Waals surface area contributed by atoms with E-state index in [1.54, 1.807) is 0 Å². The van der Waals surface area contributed by atoms with E-state index in [9.17, 15) is 9.59 Å². The van der Waals surface area contributed by atoms with Crippen molar-refractivity contribution in [3.05, 3.63) is 30.1 Å². The van der Waals surface area contributed by atoms with Gasteiger partial charge in [-0.05, 0) is 31.4 Å². The summed E-state index contributed by atoms with van der Waals surface area (Å²) in [6.07, 6.45) is 3.59. The highest BCUT2D eigenvalue weighted by Gasteiger charge is 2.24. The summed E-state index contributed by atoms with van der Waals surface area (Å²) in [5, 5.41) is 5.82. The van der Waals surface area contributed by atoms with Crippen molar-refractivity contribution in [2.24, 2.45) is 0 Å². The van der Waals surface area contributed by atoms with Crippen LogP contribution in [0.4, 0.5) is 0 Å². The number of carbonyl (C=O) groups excluding carboxylic acids is 2. The van der Waals surface area contributed by atoms with Crippen LogP contribution in [0.15, 0.2) is 24.3 Å². The van der Waals surface area contributed by atoms with Gasteiger partial charge < -0.3 is 19.9 Å². The Balaban J connectivity index is 1.64. The van der Waals surface area contributed by atoms with Crippen LogP contribution in [0.1, 0.15) is 25.1 Å². The minimum absolute atomic E-state index is 0.0281. The zero-order valence-electron chi connectivity index (χ0n) is 14.5. The number of para-hydroxylation sites is 2. The zero-order valence-corrected chi connectivity index (χ0v) is 14.5. The van der Waals surface area contributed by atoms with E-state index in [1.807, 2.05) is 28.8 Å². The van der Waals surface area contributed by atoms with Gasteiger partial charge in [0, 0.05) is 26.1 Å². The minimum Gasteiger partial charge on any atom is -0.375 e. The van der Waals surface area contributed by atoms with E-state index in [4.69, 9.17) is 4.74 Å². The number of rotatable bonds is 9. The molecular weight excluding hydrogens is 320 g/mol. The largest absolute Gasteiger partial charge is 0.375 e. The lowest BCUT2D eigenvalue weighted by molar-refractivity contribution is -0.124. The van der Waals surface area contributed by atoms with Crippen molar-refractivity contribution in [2.45, 2.75) is 38.3 Å². The highest BCUT2D eigenvalue weighted by molar-refractivity contribution is 5.81.